The lowest BCUT2D eigenvalue weighted by Gasteiger charge is -2.37. The fourth-order valence-electron chi connectivity index (χ4n) is 3.41. The summed E-state index contributed by atoms with van der Waals surface area (Å²) in [6, 6.07) is -0.479. The summed E-state index contributed by atoms with van der Waals surface area (Å²) in [5.41, 5.74) is 5.11. The van der Waals surface area contributed by atoms with E-state index < -0.39 is 11.5 Å². The largest absolute Gasteiger partial charge is 0.345 e. The molecule has 0 spiro atoms. The molecule has 0 radical (unpaired) electrons. The first-order chi connectivity index (χ1) is 10.5. The third kappa shape index (κ3) is 5.59. The summed E-state index contributed by atoms with van der Waals surface area (Å²) < 4.78 is 0. The maximum Gasteiger partial charge on any atom is 0.225 e. The fourth-order valence-corrected chi connectivity index (χ4v) is 3.41. The summed E-state index contributed by atoms with van der Waals surface area (Å²) in [6.45, 7) is 12.1. The standard InChI is InChI=1S/C19H36N2O2/c1-18(2,3)15(16(22)19(4,5)6)21-17(23)14(12-20)13-10-8-7-9-11-13/h13-15H,7-12,20H2,1-6H3,(H,21,23)/t14-,15?/m0/s1. The van der Waals surface area contributed by atoms with Crippen molar-refractivity contribution in [3.63, 3.8) is 0 Å². The van der Waals surface area contributed by atoms with Gasteiger partial charge in [-0.3, -0.25) is 9.59 Å². The number of nitrogens with two attached hydrogens (primary N) is 1. The van der Waals surface area contributed by atoms with Gasteiger partial charge in [-0.2, -0.15) is 0 Å². The second-order valence-electron chi connectivity index (χ2n) is 9.16. The molecule has 1 amide bonds. The monoisotopic (exact) mass is 324 g/mol. The molecule has 4 heteroatoms. The molecule has 0 saturated heterocycles. The van der Waals surface area contributed by atoms with Crippen LogP contribution in [0.3, 0.4) is 0 Å². The van der Waals surface area contributed by atoms with Crippen LogP contribution < -0.4 is 11.1 Å². The number of ketones is 1. The van der Waals surface area contributed by atoms with Crippen molar-refractivity contribution in [3.05, 3.63) is 0 Å². The van der Waals surface area contributed by atoms with Crippen LogP contribution in [0.2, 0.25) is 0 Å². The fraction of sp³-hybridized carbons (Fsp3) is 0.895. The average Bonchev–Trinajstić information content (AvgIpc) is 2.44. The minimum Gasteiger partial charge on any atom is -0.345 e. The SMILES string of the molecule is CC(C)(C)C(=O)C(NC(=O)[C@@H](CN)C1CCCCC1)C(C)(C)C. The van der Waals surface area contributed by atoms with Gasteiger partial charge in [0, 0.05) is 12.0 Å². The van der Waals surface area contributed by atoms with Crippen molar-refractivity contribution in [1.29, 1.82) is 0 Å². The van der Waals surface area contributed by atoms with Crippen LogP contribution in [0.5, 0.6) is 0 Å². The Balaban J connectivity index is 2.89. The topological polar surface area (TPSA) is 72.2 Å². The van der Waals surface area contributed by atoms with Crippen LogP contribution in [0.15, 0.2) is 0 Å². The third-order valence-electron chi connectivity index (χ3n) is 4.96. The van der Waals surface area contributed by atoms with Crippen LogP contribution in [-0.4, -0.2) is 24.3 Å². The smallest absolute Gasteiger partial charge is 0.225 e. The first kappa shape index (κ1) is 20.1. The molecule has 0 aliphatic heterocycles. The number of nitrogens with one attached hydrogen (secondary N) is 1. The summed E-state index contributed by atoms with van der Waals surface area (Å²) >= 11 is 0. The van der Waals surface area contributed by atoms with Gasteiger partial charge in [-0.25, -0.2) is 0 Å². The molecule has 2 atom stereocenters. The molecule has 0 bridgehead atoms. The van der Waals surface area contributed by atoms with Crippen LogP contribution in [-0.2, 0) is 9.59 Å². The summed E-state index contributed by atoms with van der Waals surface area (Å²) in [5, 5.41) is 3.04. The van der Waals surface area contributed by atoms with E-state index in [-0.39, 0.29) is 23.0 Å². The Labute approximate surface area is 142 Å². The molecule has 1 saturated carbocycles. The van der Waals surface area contributed by atoms with Gasteiger partial charge in [0.1, 0.15) is 0 Å². The van der Waals surface area contributed by atoms with Gasteiger partial charge in [0.25, 0.3) is 0 Å². The van der Waals surface area contributed by atoms with Crippen LogP contribution >= 0.6 is 0 Å². The van der Waals surface area contributed by atoms with Gasteiger partial charge in [-0.05, 0) is 24.2 Å². The van der Waals surface area contributed by atoms with Gasteiger partial charge in [-0.1, -0.05) is 60.8 Å². The minimum atomic E-state index is -0.479. The first-order valence-corrected chi connectivity index (χ1v) is 9.03. The number of amides is 1. The van der Waals surface area contributed by atoms with Gasteiger partial charge in [-0.15, -0.1) is 0 Å². The van der Waals surface area contributed by atoms with E-state index in [1.807, 2.05) is 41.5 Å². The number of hydrogen-bond acceptors (Lipinski definition) is 3. The van der Waals surface area contributed by atoms with Gasteiger partial charge in [0.2, 0.25) is 5.91 Å². The molecular formula is C19H36N2O2. The van der Waals surface area contributed by atoms with Crippen LogP contribution in [0.4, 0.5) is 0 Å². The molecule has 4 nitrogen and oxygen atoms in total. The summed E-state index contributed by atoms with van der Waals surface area (Å²) in [6.07, 6.45) is 5.75. The van der Waals surface area contributed by atoms with Crippen molar-refractivity contribution in [1.82, 2.24) is 5.32 Å². The van der Waals surface area contributed by atoms with Crippen molar-refractivity contribution in [2.24, 2.45) is 28.4 Å². The molecular weight excluding hydrogens is 288 g/mol. The van der Waals surface area contributed by atoms with E-state index in [4.69, 9.17) is 5.73 Å². The van der Waals surface area contributed by atoms with Crippen LogP contribution in [0, 0.1) is 22.7 Å². The van der Waals surface area contributed by atoms with Gasteiger partial charge >= 0.3 is 0 Å². The Hall–Kier alpha value is -0.900. The van der Waals surface area contributed by atoms with Gasteiger partial charge in [0.05, 0.1) is 12.0 Å². The predicted octanol–water partition coefficient (Wildman–Crippen LogP) is 3.29. The molecule has 1 unspecified atom stereocenters. The van der Waals surface area contributed by atoms with E-state index in [0.29, 0.717) is 12.5 Å². The number of carbonyl (C=O) groups excluding carboxylic acids is 2. The maximum absolute atomic E-state index is 12.8. The molecule has 0 aromatic rings. The van der Waals surface area contributed by atoms with E-state index in [2.05, 4.69) is 5.32 Å². The molecule has 1 aliphatic carbocycles. The number of Topliss-reactive ketones (excluding diaryl/α,β-unsaturated/α-hetero) is 1. The molecule has 1 aliphatic rings. The molecule has 0 heterocycles. The summed E-state index contributed by atoms with van der Waals surface area (Å²) in [4.78, 5) is 25.6. The second kappa shape index (κ2) is 7.78. The van der Waals surface area contributed by atoms with Crippen molar-refractivity contribution < 1.29 is 9.59 Å². The van der Waals surface area contributed by atoms with Crippen molar-refractivity contribution in [2.75, 3.05) is 6.54 Å². The Bertz CT molecular complexity index is 412. The Morgan fingerprint density at radius 1 is 1.04 bits per heavy atom. The highest BCUT2D eigenvalue weighted by Gasteiger charge is 2.40. The predicted molar refractivity (Wildman–Crippen MR) is 95.0 cm³/mol. The zero-order chi connectivity index (χ0) is 17.8. The number of rotatable bonds is 5. The molecule has 0 aromatic heterocycles. The lowest BCUT2D eigenvalue weighted by Crippen LogP contribution is -2.55. The first-order valence-electron chi connectivity index (χ1n) is 9.03. The van der Waals surface area contributed by atoms with Crippen molar-refractivity contribution in [3.8, 4) is 0 Å². The molecule has 3 N–H and O–H groups in total. The highest BCUT2D eigenvalue weighted by atomic mass is 16.2. The molecule has 1 fully saturated rings. The van der Waals surface area contributed by atoms with E-state index in [9.17, 15) is 9.59 Å². The number of hydrogen-bond donors (Lipinski definition) is 2. The zero-order valence-electron chi connectivity index (χ0n) is 15.9. The Kier molecular flexibility index (Phi) is 6.81. The van der Waals surface area contributed by atoms with Crippen LogP contribution in [0.1, 0.15) is 73.6 Å². The van der Waals surface area contributed by atoms with Crippen molar-refractivity contribution >= 4 is 11.7 Å². The highest BCUT2D eigenvalue weighted by Crippen LogP contribution is 2.31. The lowest BCUT2D eigenvalue weighted by molar-refractivity contribution is -0.137. The van der Waals surface area contributed by atoms with Gasteiger partial charge < -0.3 is 11.1 Å². The average molecular weight is 325 g/mol. The molecule has 23 heavy (non-hydrogen) atoms. The van der Waals surface area contributed by atoms with E-state index in [0.717, 1.165) is 12.8 Å². The summed E-state index contributed by atoms with van der Waals surface area (Å²) in [5.74, 6) is 0.224. The van der Waals surface area contributed by atoms with E-state index in [1.54, 1.807) is 0 Å². The Morgan fingerprint density at radius 3 is 1.96 bits per heavy atom. The lowest BCUT2D eigenvalue weighted by atomic mass is 9.74. The maximum atomic E-state index is 12.8. The summed E-state index contributed by atoms with van der Waals surface area (Å²) in [7, 11) is 0. The zero-order valence-corrected chi connectivity index (χ0v) is 15.9. The second-order valence-corrected chi connectivity index (χ2v) is 9.16. The Morgan fingerprint density at radius 2 is 1.57 bits per heavy atom. The molecule has 1 rings (SSSR count). The molecule has 134 valence electrons. The van der Waals surface area contributed by atoms with Gasteiger partial charge in [0.15, 0.2) is 5.78 Å². The van der Waals surface area contributed by atoms with Crippen molar-refractivity contribution in [2.45, 2.75) is 79.7 Å². The minimum absolute atomic E-state index is 0.0445. The number of carbonyl (C=O) groups is 2. The van der Waals surface area contributed by atoms with E-state index in [1.165, 1.54) is 19.3 Å². The highest BCUT2D eigenvalue weighted by molar-refractivity contribution is 5.93. The third-order valence-corrected chi connectivity index (χ3v) is 4.96. The van der Waals surface area contributed by atoms with E-state index >= 15 is 0 Å². The molecule has 0 aromatic carbocycles. The van der Waals surface area contributed by atoms with Crippen LogP contribution in [0.25, 0.3) is 0 Å². The normalized spacial score (nSPS) is 20.0. The quantitative estimate of drug-likeness (QED) is 0.815.